The summed E-state index contributed by atoms with van der Waals surface area (Å²) in [5.41, 5.74) is 3.09. The number of hydrogen-bond donors (Lipinski definition) is 2. The van der Waals surface area contributed by atoms with Gasteiger partial charge in [0.05, 0.1) is 5.69 Å². The SMILES string of the molecule is CN=C(NCc1ccc(N2CC=CC2)cc1)NC1CCN(c2ccccc2OC(F)F)C1. The van der Waals surface area contributed by atoms with E-state index in [4.69, 9.17) is 0 Å². The first-order chi connectivity index (χ1) is 15.6. The van der Waals surface area contributed by atoms with Crippen molar-refractivity contribution in [2.75, 3.05) is 43.0 Å². The highest BCUT2D eigenvalue weighted by Gasteiger charge is 2.26. The monoisotopic (exact) mass is 441 g/mol. The number of para-hydroxylation sites is 2. The lowest BCUT2D eigenvalue weighted by Crippen LogP contribution is -2.44. The summed E-state index contributed by atoms with van der Waals surface area (Å²) in [7, 11) is 1.75. The Hall–Kier alpha value is -3.29. The van der Waals surface area contributed by atoms with Gasteiger partial charge in [0.25, 0.3) is 0 Å². The number of nitrogens with one attached hydrogen (secondary N) is 2. The van der Waals surface area contributed by atoms with Gasteiger partial charge in [-0.05, 0) is 36.2 Å². The molecule has 0 radical (unpaired) electrons. The van der Waals surface area contributed by atoms with Gasteiger partial charge in [-0.15, -0.1) is 0 Å². The van der Waals surface area contributed by atoms with Gasteiger partial charge in [0, 0.05) is 51.5 Å². The molecule has 2 aromatic carbocycles. The second kappa shape index (κ2) is 10.3. The Morgan fingerprint density at radius 1 is 1.09 bits per heavy atom. The minimum Gasteiger partial charge on any atom is -0.433 e. The third kappa shape index (κ3) is 5.49. The molecule has 170 valence electrons. The minimum atomic E-state index is -2.84. The molecule has 0 amide bonds. The van der Waals surface area contributed by atoms with Gasteiger partial charge >= 0.3 is 6.61 Å². The second-order valence-corrected chi connectivity index (χ2v) is 7.89. The maximum Gasteiger partial charge on any atom is 0.387 e. The third-order valence-electron chi connectivity index (χ3n) is 5.75. The molecule has 1 saturated heterocycles. The summed E-state index contributed by atoms with van der Waals surface area (Å²) < 4.78 is 30.1. The maximum absolute atomic E-state index is 12.7. The first-order valence-electron chi connectivity index (χ1n) is 10.9. The van der Waals surface area contributed by atoms with Crippen LogP contribution in [0.4, 0.5) is 20.2 Å². The number of guanidine groups is 1. The summed E-state index contributed by atoms with van der Waals surface area (Å²) in [4.78, 5) is 8.72. The highest BCUT2D eigenvalue weighted by molar-refractivity contribution is 5.80. The predicted octanol–water partition coefficient (Wildman–Crippen LogP) is 3.61. The number of rotatable bonds is 7. The Bertz CT molecular complexity index is 940. The van der Waals surface area contributed by atoms with Crippen LogP contribution >= 0.6 is 0 Å². The van der Waals surface area contributed by atoms with Crippen molar-refractivity contribution in [3.8, 4) is 5.75 Å². The highest BCUT2D eigenvalue weighted by Crippen LogP contribution is 2.31. The lowest BCUT2D eigenvalue weighted by atomic mass is 10.2. The molecular formula is C24H29F2N5O. The standard InChI is InChI=1S/C24H29F2N5O/c1-27-24(28-16-18-8-10-20(11-9-18)30-13-4-5-14-30)29-19-12-15-31(17-19)21-6-2-3-7-22(21)32-23(25)26/h2-11,19,23H,12-17H2,1H3,(H2,27,28,29). The third-order valence-corrected chi connectivity index (χ3v) is 5.75. The smallest absolute Gasteiger partial charge is 0.387 e. The first kappa shape index (κ1) is 21.9. The summed E-state index contributed by atoms with van der Waals surface area (Å²) in [5.74, 6) is 0.931. The van der Waals surface area contributed by atoms with Crippen LogP contribution in [0.25, 0.3) is 0 Å². The summed E-state index contributed by atoms with van der Waals surface area (Å²) in [6.07, 6.45) is 5.24. The van der Waals surface area contributed by atoms with Crippen LogP contribution in [0.1, 0.15) is 12.0 Å². The van der Waals surface area contributed by atoms with E-state index in [0.717, 1.165) is 32.0 Å². The number of hydrogen-bond acceptors (Lipinski definition) is 4. The number of halogens is 2. The molecule has 2 heterocycles. The minimum absolute atomic E-state index is 0.158. The molecule has 6 nitrogen and oxygen atoms in total. The fraction of sp³-hybridized carbons (Fsp3) is 0.375. The molecule has 0 spiro atoms. The Labute approximate surface area is 187 Å². The molecule has 1 fully saturated rings. The van der Waals surface area contributed by atoms with Gasteiger partial charge in [0.15, 0.2) is 5.96 Å². The zero-order valence-corrected chi connectivity index (χ0v) is 18.2. The molecule has 2 aliphatic heterocycles. The van der Waals surface area contributed by atoms with Crippen LogP contribution in [0.5, 0.6) is 5.75 Å². The fourth-order valence-corrected chi connectivity index (χ4v) is 4.10. The van der Waals surface area contributed by atoms with E-state index in [2.05, 4.69) is 66.6 Å². The molecule has 32 heavy (non-hydrogen) atoms. The van der Waals surface area contributed by atoms with E-state index in [0.29, 0.717) is 18.8 Å². The average molecular weight is 442 g/mol. The van der Waals surface area contributed by atoms with Gasteiger partial charge in [0.1, 0.15) is 5.75 Å². The van der Waals surface area contributed by atoms with E-state index in [1.807, 2.05) is 12.1 Å². The quantitative estimate of drug-likeness (QED) is 0.391. The van der Waals surface area contributed by atoms with Crippen molar-refractivity contribution in [3.05, 3.63) is 66.2 Å². The fourth-order valence-electron chi connectivity index (χ4n) is 4.10. The molecule has 2 aliphatic rings. The second-order valence-electron chi connectivity index (χ2n) is 7.89. The van der Waals surface area contributed by atoms with Crippen molar-refractivity contribution >= 4 is 17.3 Å². The highest BCUT2D eigenvalue weighted by atomic mass is 19.3. The van der Waals surface area contributed by atoms with Crippen LogP contribution in [0.2, 0.25) is 0 Å². The molecule has 0 bridgehead atoms. The number of anilines is 2. The molecule has 4 rings (SSSR count). The molecule has 1 unspecified atom stereocenters. The van der Waals surface area contributed by atoms with Gasteiger partial charge in [-0.1, -0.05) is 36.4 Å². The van der Waals surface area contributed by atoms with Crippen molar-refractivity contribution < 1.29 is 13.5 Å². The van der Waals surface area contributed by atoms with Gasteiger partial charge in [-0.2, -0.15) is 8.78 Å². The van der Waals surface area contributed by atoms with Gasteiger partial charge in [-0.25, -0.2) is 0 Å². The lowest BCUT2D eigenvalue weighted by Gasteiger charge is -2.22. The van der Waals surface area contributed by atoms with Crippen LogP contribution in [0.15, 0.2) is 65.7 Å². The Morgan fingerprint density at radius 3 is 2.56 bits per heavy atom. The molecule has 2 aromatic rings. The summed E-state index contributed by atoms with van der Waals surface area (Å²) in [6, 6.07) is 15.6. The van der Waals surface area contributed by atoms with E-state index >= 15 is 0 Å². The largest absolute Gasteiger partial charge is 0.433 e. The number of nitrogens with zero attached hydrogens (tertiary/aromatic N) is 3. The van der Waals surface area contributed by atoms with Crippen molar-refractivity contribution in [2.45, 2.75) is 25.6 Å². The molecule has 1 atom stereocenters. The van der Waals surface area contributed by atoms with Gasteiger partial charge in [-0.3, -0.25) is 4.99 Å². The molecule has 8 heteroatoms. The van der Waals surface area contributed by atoms with Crippen LogP contribution in [0.3, 0.4) is 0 Å². The number of alkyl halides is 2. The Morgan fingerprint density at radius 2 is 1.84 bits per heavy atom. The van der Waals surface area contributed by atoms with Crippen LogP contribution in [-0.2, 0) is 6.54 Å². The first-order valence-corrected chi connectivity index (χ1v) is 10.9. The molecule has 2 N–H and O–H groups in total. The van der Waals surface area contributed by atoms with Crippen LogP contribution < -0.4 is 25.2 Å². The van der Waals surface area contributed by atoms with Crippen molar-refractivity contribution in [3.63, 3.8) is 0 Å². The van der Waals surface area contributed by atoms with Crippen molar-refractivity contribution in [2.24, 2.45) is 4.99 Å². The normalized spacial score (nSPS) is 18.5. The van der Waals surface area contributed by atoms with Crippen molar-refractivity contribution in [1.29, 1.82) is 0 Å². The van der Waals surface area contributed by atoms with Crippen LogP contribution in [-0.4, -0.2) is 51.8 Å². The maximum atomic E-state index is 12.7. The summed E-state index contributed by atoms with van der Waals surface area (Å²) >= 11 is 0. The van der Waals surface area contributed by atoms with Gasteiger partial charge in [0.2, 0.25) is 0 Å². The molecule has 0 saturated carbocycles. The Kier molecular flexibility index (Phi) is 7.09. The van der Waals surface area contributed by atoms with Gasteiger partial charge < -0.3 is 25.2 Å². The summed E-state index contributed by atoms with van der Waals surface area (Å²) in [6.45, 7) is 1.20. The van der Waals surface area contributed by atoms with E-state index in [9.17, 15) is 8.78 Å². The number of benzene rings is 2. The zero-order chi connectivity index (χ0) is 22.3. The van der Waals surface area contributed by atoms with Crippen LogP contribution in [0, 0.1) is 0 Å². The lowest BCUT2D eigenvalue weighted by molar-refractivity contribution is -0.0495. The number of ether oxygens (including phenoxy) is 1. The van der Waals surface area contributed by atoms with Crippen molar-refractivity contribution in [1.82, 2.24) is 10.6 Å². The van der Waals surface area contributed by atoms with E-state index < -0.39 is 6.61 Å². The van der Waals surface area contributed by atoms with E-state index in [1.54, 1.807) is 19.2 Å². The molecule has 0 aliphatic carbocycles. The Balaban J connectivity index is 1.28. The predicted molar refractivity (Wildman–Crippen MR) is 125 cm³/mol. The summed E-state index contributed by atoms with van der Waals surface area (Å²) in [5, 5.41) is 6.81. The van der Waals surface area contributed by atoms with E-state index in [-0.39, 0.29) is 11.8 Å². The van der Waals surface area contributed by atoms with E-state index in [1.165, 1.54) is 11.3 Å². The average Bonchev–Trinajstić information content (AvgIpc) is 3.49. The molecule has 0 aromatic heterocycles. The molecular weight excluding hydrogens is 412 g/mol. The number of aliphatic imine (C=N–C) groups is 1. The topological polar surface area (TPSA) is 52.1 Å². The zero-order valence-electron chi connectivity index (χ0n) is 18.2.